The average Bonchev–Trinajstić information content (AvgIpc) is 3.10. The van der Waals surface area contributed by atoms with Crippen molar-refractivity contribution in [2.45, 2.75) is 43.2 Å². The zero-order chi connectivity index (χ0) is 13.5. The van der Waals surface area contributed by atoms with Crippen LogP contribution in [0.1, 0.15) is 32.1 Å². The third-order valence-electron chi connectivity index (χ3n) is 4.12. The van der Waals surface area contributed by atoms with Gasteiger partial charge in [0.25, 0.3) is 10.0 Å². The van der Waals surface area contributed by atoms with Crippen molar-refractivity contribution < 1.29 is 13.2 Å². The summed E-state index contributed by atoms with van der Waals surface area (Å²) < 4.78 is 26.5. The number of nitrogens with zero attached hydrogens (tertiary/aromatic N) is 2. The van der Waals surface area contributed by atoms with Gasteiger partial charge in [0, 0.05) is 24.9 Å². The maximum Gasteiger partial charge on any atom is 0.260 e. The van der Waals surface area contributed by atoms with Crippen LogP contribution in [-0.2, 0) is 14.8 Å². The van der Waals surface area contributed by atoms with Crippen molar-refractivity contribution >= 4 is 15.8 Å². The molecule has 19 heavy (non-hydrogen) atoms. The topological polar surface area (TPSA) is 83.1 Å². The van der Waals surface area contributed by atoms with Crippen molar-refractivity contribution in [3.63, 3.8) is 0 Å². The first-order chi connectivity index (χ1) is 9.10. The van der Waals surface area contributed by atoms with Crippen LogP contribution in [0.4, 0.5) is 0 Å². The first-order valence-electron chi connectivity index (χ1n) is 6.63. The lowest BCUT2D eigenvalue weighted by atomic mass is 9.96. The van der Waals surface area contributed by atoms with Crippen molar-refractivity contribution in [2.75, 3.05) is 6.54 Å². The molecule has 6 nitrogen and oxygen atoms in total. The number of Topliss-reactive ketones (excluding diaryl/α,β-unsaturated/α-hetero) is 1. The van der Waals surface area contributed by atoms with Crippen molar-refractivity contribution in [1.29, 1.82) is 0 Å². The molecular weight excluding hydrogens is 266 g/mol. The van der Waals surface area contributed by atoms with Crippen LogP contribution < -0.4 is 0 Å². The smallest absolute Gasteiger partial charge is 0.260 e. The third kappa shape index (κ3) is 2.10. The van der Waals surface area contributed by atoms with Gasteiger partial charge in [-0.15, -0.1) is 0 Å². The number of carbonyl (C=O) groups excluding carboxylic acids is 1. The third-order valence-corrected chi connectivity index (χ3v) is 5.97. The van der Waals surface area contributed by atoms with Gasteiger partial charge in [-0.1, -0.05) is 0 Å². The number of rotatable bonds is 3. The first kappa shape index (κ1) is 12.8. The number of hydrogen-bond donors (Lipinski definition) is 1. The Bertz CT molecular complexity index is 567. The molecule has 104 valence electrons. The molecule has 1 saturated heterocycles. The summed E-state index contributed by atoms with van der Waals surface area (Å²) in [7, 11) is -3.54. The Morgan fingerprint density at radius 1 is 1.32 bits per heavy atom. The fourth-order valence-corrected chi connectivity index (χ4v) is 4.85. The van der Waals surface area contributed by atoms with Crippen LogP contribution in [0.5, 0.6) is 0 Å². The fraction of sp³-hybridized carbons (Fsp3) is 0.667. The molecular formula is C12H17N3O3S. The van der Waals surface area contributed by atoms with Gasteiger partial charge in [-0.3, -0.25) is 4.79 Å². The molecule has 0 bridgehead atoms. The summed E-state index contributed by atoms with van der Waals surface area (Å²) in [6.45, 7) is 0.496. The largest absolute Gasteiger partial charge is 0.335 e. The van der Waals surface area contributed by atoms with Gasteiger partial charge in [-0.05, 0) is 25.7 Å². The number of ketones is 1. The highest BCUT2D eigenvalue weighted by atomic mass is 32.2. The molecule has 1 aromatic heterocycles. The van der Waals surface area contributed by atoms with Crippen molar-refractivity contribution in [1.82, 2.24) is 14.3 Å². The molecule has 1 aliphatic carbocycles. The lowest BCUT2D eigenvalue weighted by Crippen LogP contribution is -2.41. The minimum atomic E-state index is -3.54. The predicted molar refractivity (Wildman–Crippen MR) is 67.8 cm³/mol. The van der Waals surface area contributed by atoms with E-state index in [9.17, 15) is 13.2 Å². The average molecular weight is 283 g/mol. The first-order valence-corrected chi connectivity index (χ1v) is 8.07. The number of carbonyl (C=O) groups is 1. The number of aromatic nitrogens is 2. The van der Waals surface area contributed by atoms with Crippen LogP contribution in [0.15, 0.2) is 17.6 Å². The SMILES string of the molecule is O=C1CCCC1C1CCCN1S(=O)(=O)c1cnc[nH]1. The van der Waals surface area contributed by atoms with E-state index < -0.39 is 10.0 Å². The summed E-state index contributed by atoms with van der Waals surface area (Å²) in [5.41, 5.74) is 0. The molecule has 0 spiro atoms. The van der Waals surface area contributed by atoms with Crippen LogP contribution in [0, 0.1) is 5.92 Å². The van der Waals surface area contributed by atoms with Gasteiger partial charge < -0.3 is 4.98 Å². The number of nitrogens with one attached hydrogen (secondary N) is 1. The lowest BCUT2D eigenvalue weighted by molar-refractivity contribution is -0.121. The van der Waals surface area contributed by atoms with E-state index in [2.05, 4.69) is 9.97 Å². The van der Waals surface area contributed by atoms with Gasteiger partial charge in [-0.2, -0.15) is 4.31 Å². The van der Waals surface area contributed by atoms with Crippen LogP contribution in [0.25, 0.3) is 0 Å². The van der Waals surface area contributed by atoms with Gasteiger partial charge in [0.1, 0.15) is 5.78 Å². The van der Waals surface area contributed by atoms with Gasteiger partial charge in [0.15, 0.2) is 5.03 Å². The van der Waals surface area contributed by atoms with Crippen molar-refractivity contribution in [3.05, 3.63) is 12.5 Å². The molecule has 0 radical (unpaired) electrons. The van der Waals surface area contributed by atoms with E-state index in [1.165, 1.54) is 16.8 Å². The fourth-order valence-electron chi connectivity index (χ4n) is 3.23. The summed E-state index contributed by atoms with van der Waals surface area (Å²) >= 11 is 0. The number of H-pyrrole nitrogens is 1. The number of aromatic amines is 1. The highest BCUT2D eigenvalue weighted by molar-refractivity contribution is 7.89. The normalized spacial score (nSPS) is 29.2. The zero-order valence-corrected chi connectivity index (χ0v) is 11.4. The Labute approximate surface area is 112 Å². The number of sulfonamides is 1. The van der Waals surface area contributed by atoms with E-state index >= 15 is 0 Å². The van der Waals surface area contributed by atoms with Crippen LogP contribution in [0.2, 0.25) is 0 Å². The second-order valence-corrected chi connectivity index (χ2v) is 7.07. The summed E-state index contributed by atoms with van der Waals surface area (Å²) in [5.74, 6) is 0.108. The monoisotopic (exact) mass is 283 g/mol. The van der Waals surface area contributed by atoms with Gasteiger partial charge in [0.2, 0.25) is 0 Å². The molecule has 1 aliphatic heterocycles. The van der Waals surface area contributed by atoms with Crippen LogP contribution >= 0.6 is 0 Å². The van der Waals surface area contributed by atoms with Crippen LogP contribution in [0.3, 0.4) is 0 Å². The van der Waals surface area contributed by atoms with E-state index in [4.69, 9.17) is 0 Å². The van der Waals surface area contributed by atoms with Gasteiger partial charge >= 0.3 is 0 Å². The number of hydrogen-bond acceptors (Lipinski definition) is 4. The molecule has 7 heteroatoms. The predicted octanol–water partition coefficient (Wildman–Crippen LogP) is 0.932. The standard InChI is InChI=1S/C12H17N3O3S/c16-11-5-1-3-9(11)10-4-2-6-15(10)19(17,18)12-7-13-8-14-12/h7-10H,1-6H2,(H,13,14). The van der Waals surface area contributed by atoms with Crippen LogP contribution in [-0.4, -0.2) is 41.1 Å². The molecule has 0 aromatic carbocycles. The molecule has 2 atom stereocenters. The minimum absolute atomic E-state index is 0.111. The molecule has 3 rings (SSSR count). The molecule has 2 aliphatic rings. The van der Waals surface area contributed by atoms with Crippen molar-refractivity contribution in [3.8, 4) is 0 Å². The quantitative estimate of drug-likeness (QED) is 0.894. The molecule has 2 unspecified atom stereocenters. The Balaban J connectivity index is 1.89. The van der Waals surface area contributed by atoms with E-state index in [1.807, 2.05) is 0 Å². The Morgan fingerprint density at radius 3 is 2.79 bits per heavy atom. The van der Waals surface area contributed by atoms with Crippen molar-refractivity contribution in [2.24, 2.45) is 5.92 Å². The summed E-state index contributed by atoms with van der Waals surface area (Å²) in [6.07, 6.45) is 6.58. The molecule has 1 saturated carbocycles. The molecule has 0 amide bonds. The second-order valence-electron chi connectivity index (χ2n) is 5.21. The zero-order valence-electron chi connectivity index (χ0n) is 10.6. The summed E-state index contributed by atoms with van der Waals surface area (Å²) in [5, 5.41) is 0.116. The summed E-state index contributed by atoms with van der Waals surface area (Å²) in [4.78, 5) is 18.3. The minimum Gasteiger partial charge on any atom is -0.335 e. The maximum absolute atomic E-state index is 12.5. The summed E-state index contributed by atoms with van der Waals surface area (Å²) in [6, 6.07) is -0.164. The molecule has 1 aromatic rings. The Hall–Kier alpha value is -1.21. The second kappa shape index (κ2) is 4.72. The highest BCUT2D eigenvalue weighted by Gasteiger charge is 2.43. The maximum atomic E-state index is 12.5. The van der Waals surface area contributed by atoms with E-state index in [-0.39, 0.29) is 22.8 Å². The van der Waals surface area contributed by atoms with E-state index in [1.54, 1.807) is 0 Å². The van der Waals surface area contributed by atoms with Gasteiger partial charge in [-0.25, -0.2) is 13.4 Å². The van der Waals surface area contributed by atoms with Gasteiger partial charge in [0.05, 0.1) is 12.5 Å². The molecule has 2 heterocycles. The Morgan fingerprint density at radius 2 is 2.16 bits per heavy atom. The Kier molecular flexibility index (Phi) is 3.18. The number of imidazole rings is 1. The lowest BCUT2D eigenvalue weighted by Gasteiger charge is -2.27. The molecule has 1 N–H and O–H groups in total. The highest BCUT2D eigenvalue weighted by Crippen LogP contribution is 2.35. The van der Waals surface area contributed by atoms with E-state index in [0.29, 0.717) is 13.0 Å². The molecule has 2 fully saturated rings. The van der Waals surface area contributed by atoms with E-state index in [0.717, 1.165) is 25.7 Å².